The van der Waals surface area contributed by atoms with Crippen molar-refractivity contribution < 1.29 is 18.3 Å². The summed E-state index contributed by atoms with van der Waals surface area (Å²) < 4.78 is 33.9. The summed E-state index contributed by atoms with van der Waals surface area (Å²) in [6.45, 7) is 3.62. The van der Waals surface area contributed by atoms with Crippen LogP contribution in [0.25, 0.3) is 22.2 Å². The first kappa shape index (κ1) is 28.5. The second-order valence-electron chi connectivity index (χ2n) is 9.68. The van der Waals surface area contributed by atoms with Gasteiger partial charge in [0.05, 0.1) is 22.8 Å². The van der Waals surface area contributed by atoms with Crippen molar-refractivity contribution in [1.29, 1.82) is 0 Å². The fourth-order valence-electron chi connectivity index (χ4n) is 4.36. The molecule has 11 heteroatoms. The molecular weight excluding hydrogens is 516 g/mol. The topological polar surface area (TPSA) is 87.5 Å². The Morgan fingerprint density at radius 2 is 1.93 bits per heavy atom. The molecule has 0 bridgehead atoms. The molecule has 0 aliphatic carbocycles. The molecule has 1 amide bonds. The summed E-state index contributed by atoms with van der Waals surface area (Å²) in [5, 5.41) is 6.82. The third kappa shape index (κ3) is 6.37. The summed E-state index contributed by atoms with van der Waals surface area (Å²) >= 11 is 0. The van der Waals surface area contributed by atoms with Gasteiger partial charge in [-0.15, -0.1) is 0 Å². The van der Waals surface area contributed by atoms with E-state index in [0.29, 0.717) is 30.2 Å². The van der Waals surface area contributed by atoms with Gasteiger partial charge in [-0.2, -0.15) is 8.78 Å². The molecule has 4 aromatic rings. The van der Waals surface area contributed by atoms with Crippen LogP contribution in [0.1, 0.15) is 5.56 Å². The quantitative estimate of drug-likeness (QED) is 0.242. The average molecular weight is 550 g/mol. The minimum Gasteiger partial charge on any atom is -0.433 e. The Balaban J connectivity index is 1.78. The average Bonchev–Trinajstić information content (AvgIpc) is 3.25. The molecule has 0 unspecified atom stereocenters. The molecule has 0 fully saturated rings. The van der Waals surface area contributed by atoms with Crippen LogP contribution in [-0.2, 0) is 11.8 Å². The van der Waals surface area contributed by atoms with Crippen LogP contribution in [-0.4, -0.2) is 66.2 Å². The van der Waals surface area contributed by atoms with Gasteiger partial charge in [0.15, 0.2) is 5.75 Å². The number of fused-ring (bicyclic) bond motifs is 1. The van der Waals surface area contributed by atoms with E-state index in [1.165, 1.54) is 12.1 Å². The van der Waals surface area contributed by atoms with Crippen molar-refractivity contribution in [1.82, 2.24) is 19.4 Å². The van der Waals surface area contributed by atoms with E-state index < -0.39 is 12.5 Å². The molecule has 4 rings (SSSR count). The van der Waals surface area contributed by atoms with E-state index in [-0.39, 0.29) is 17.4 Å². The number of halogens is 2. The van der Waals surface area contributed by atoms with Gasteiger partial charge in [-0.05, 0) is 44.8 Å². The summed E-state index contributed by atoms with van der Waals surface area (Å²) in [5.41, 5.74) is 4.57. The van der Waals surface area contributed by atoms with Crippen LogP contribution in [0.5, 0.6) is 5.75 Å². The van der Waals surface area contributed by atoms with E-state index in [9.17, 15) is 13.6 Å². The van der Waals surface area contributed by atoms with Crippen LogP contribution in [0.3, 0.4) is 0 Å². The molecular formula is C29H33F2N7O2. The van der Waals surface area contributed by atoms with Crippen molar-refractivity contribution in [2.24, 2.45) is 7.05 Å². The molecule has 210 valence electrons. The molecule has 2 aromatic carbocycles. The van der Waals surface area contributed by atoms with Gasteiger partial charge in [0.2, 0.25) is 11.9 Å². The number of benzene rings is 2. The SMILES string of the molecule is C=CC(=O)Nc1cc(Nc2ncc(C)c(-c3cn(C)c4ccccc34)n2)c(OC(F)F)cc1N(C)CCN(C)C. The molecule has 9 nitrogen and oxygen atoms in total. The maximum atomic E-state index is 13.5. The number of carbonyl (C=O) groups excluding carboxylic acids is 1. The van der Waals surface area contributed by atoms with Gasteiger partial charge in [-0.3, -0.25) is 4.79 Å². The van der Waals surface area contributed by atoms with E-state index >= 15 is 0 Å². The standard InChI is InChI=1S/C29H33F2N7O2/c1-7-26(39)33-21-14-22(25(40-28(30)31)15-24(21)37(5)13-12-36(3)4)34-29-32-16-18(2)27(35-29)20-17-38(6)23-11-9-8-10-19(20)23/h7-11,14-17,28H,1,12-13H2,2-6H3,(H,33,39)(H,32,34,35). The number of ether oxygens (including phenoxy) is 1. The summed E-state index contributed by atoms with van der Waals surface area (Å²) in [4.78, 5) is 25.2. The minimum absolute atomic E-state index is 0.116. The Kier molecular flexibility index (Phi) is 8.64. The summed E-state index contributed by atoms with van der Waals surface area (Å²) in [7, 11) is 7.63. The molecule has 2 N–H and O–H groups in total. The lowest BCUT2D eigenvalue weighted by molar-refractivity contribution is -0.111. The monoisotopic (exact) mass is 549 g/mol. The van der Waals surface area contributed by atoms with Crippen LogP contribution >= 0.6 is 0 Å². The number of anilines is 4. The zero-order valence-corrected chi connectivity index (χ0v) is 23.2. The fraction of sp³-hybridized carbons (Fsp3) is 0.276. The number of nitrogens with one attached hydrogen (secondary N) is 2. The van der Waals surface area contributed by atoms with Crippen LogP contribution in [0.2, 0.25) is 0 Å². The van der Waals surface area contributed by atoms with E-state index in [1.54, 1.807) is 13.2 Å². The molecule has 40 heavy (non-hydrogen) atoms. The Morgan fingerprint density at radius 1 is 1.18 bits per heavy atom. The van der Waals surface area contributed by atoms with E-state index in [0.717, 1.165) is 28.1 Å². The third-order valence-electron chi connectivity index (χ3n) is 6.42. The van der Waals surface area contributed by atoms with Crippen molar-refractivity contribution in [2.75, 3.05) is 49.8 Å². The number of hydrogen-bond acceptors (Lipinski definition) is 7. The maximum Gasteiger partial charge on any atom is 0.387 e. The van der Waals surface area contributed by atoms with Gasteiger partial charge in [0.25, 0.3) is 0 Å². The molecule has 0 saturated heterocycles. The summed E-state index contributed by atoms with van der Waals surface area (Å²) in [6, 6.07) is 11.0. The van der Waals surface area contributed by atoms with Gasteiger partial charge in [-0.25, -0.2) is 9.97 Å². The van der Waals surface area contributed by atoms with Gasteiger partial charge in [0.1, 0.15) is 0 Å². The molecule has 0 spiro atoms. The minimum atomic E-state index is -3.07. The highest BCUT2D eigenvalue weighted by Crippen LogP contribution is 2.39. The van der Waals surface area contributed by atoms with Crippen molar-refractivity contribution in [3.8, 4) is 17.0 Å². The first-order valence-corrected chi connectivity index (χ1v) is 12.6. The Hall–Kier alpha value is -4.51. The normalized spacial score (nSPS) is 11.2. The lowest BCUT2D eigenvalue weighted by Gasteiger charge is -2.26. The van der Waals surface area contributed by atoms with Gasteiger partial charge < -0.3 is 29.7 Å². The highest BCUT2D eigenvalue weighted by molar-refractivity contribution is 6.02. The number of rotatable bonds is 11. The molecule has 0 aliphatic rings. The summed E-state index contributed by atoms with van der Waals surface area (Å²) in [6.07, 6.45) is 4.81. The van der Waals surface area contributed by atoms with E-state index in [4.69, 9.17) is 9.72 Å². The lowest BCUT2D eigenvalue weighted by Crippen LogP contribution is -2.29. The van der Waals surface area contributed by atoms with E-state index in [1.807, 2.05) is 72.9 Å². The smallest absolute Gasteiger partial charge is 0.387 e. The number of likely N-dealkylation sites (N-methyl/N-ethyl adjacent to an activating group) is 2. The number of nitrogens with zero attached hydrogens (tertiary/aromatic N) is 5. The Morgan fingerprint density at radius 3 is 2.62 bits per heavy atom. The molecule has 2 aromatic heterocycles. The van der Waals surface area contributed by atoms with Crippen LogP contribution < -0.4 is 20.3 Å². The zero-order chi connectivity index (χ0) is 29.0. The Bertz CT molecular complexity index is 1530. The van der Waals surface area contributed by atoms with Gasteiger partial charge in [-0.1, -0.05) is 24.8 Å². The lowest BCUT2D eigenvalue weighted by atomic mass is 10.1. The highest BCUT2D eigenvalue weighted by Gasteiger charge is 2.20. The number of para-hydroxylation sites is 1. The predicted molar refractivity (Wildman–Crippen MR) is 156 cm³/mol. The van der Waals surface area contributed by atoms with Crippen LogP contribution in [0.15, 0.2) is 61.4 Å². The van der Waals surface area contributed by atoms with Crippen LogP contribution in [0.4, 0.5) is 31.8 Å². The van der Waals surface area contributed by atoms with Gasteiger partial charge >= 0.3 is 6.61 Å². The number of aromatic nitrogens is 3. The number of hydrogen-bond donors (Lipinski definition) is 2. The van der Waals surface area contributed by atoms with Crippen molar-refractivity contribution in [2.45, 2.75) is 13.5 Å². The third-order valence-corrected chi connectivity index (χ3v) is 6.42. The molecule has 0 saturated carbocycles. The number of amides is 1. The zero-order valence-electron chi connectivity index (χ0n) is 23.2. The second-order valence-corrected chi connectivity index (χ2v) is 9.68. The second kappa shape index (κ2) is 12.1. The van der Waals surface area contributed by atoms with Gasteiger partial charge in [0, 0.05) is 62.1 Å². The van der Waals surface area contributed by atoms with Crippen LogP contribution in [0, 0.1) is 6.92 Å². The first-order chi connectivity index (χ1) is 19.1. The number of alkyl halides is 2. The molecule has 2 heterocycles. The predicted octanol–water partition coefficient (Wildman–Crippen LogP) is 5.41. The summed E-state index contributed by atoms with van der Waals surface area (Å²) in [5.74, 6) is -0.378. The molecule has 0 atom stereocenters. The van der Waals surface area contributed by atoms with E-state index in [2.05, 4.69) is 22.2 Å². The maximum absolute atomic E-state index is 13.5. The van der Waals surface area contributed by atoms with Crippen molar-refractivity contribution in [3.63, 3.8) is 0 Å². The van der Waals surface area contributed by atoms with Crippen molar-refractivity contribution in [3.05, 3.63) is 67.0 Å². The van der Waals surface area contributed by atoms with Crippen molar-refractivity contribution >= 4 is 39.8 Å². The molecule has 0 aliphatic heterocycles. The fourth-order valence-corrected chi connectivity index (χ4v) is 4.36. The highest BCUT2D eigenvalue weighted by atomic mass is 19.3. The Labute approximate surface area is 232 Å². The largest absolute Gasteiger partial charge is 0.433 e. The first-order valence-electron chi connectivity index (χ1n) is 12.6. The number of carbonyl (C=O) groups is 1. The number of aryl methyl sites for hydroxylation is 2. The molecule has 0 radical (unpaired) electrons.